The maximum Gasteiger partial charge on any atom is 0.214 e. The number of nitrogens with zero attached hydrogens (tertiary/aromatic N) is 4. The van der Waals surface area contributed by atoms with Crippen LogP contribution in [0.5, 0.6) is 0 Å². The van der Waals surface area contributed by atoms with Gasteiger partial charge in [-0.1, -0.05) is 12.1 Å². The van der Waals surface area contributed by atoms with Crippen molar-refractivity contribution < 1.29 is 4.79 Å². The Morgan fingerprint density at radius 1 is 1.11 bits per heavy atom. The molecule has 0 radical (unpaired) electrons. The first-order chi connectivity index (χ1) is 17.6. The van der Waals surface area contributed by atoms with Crippen molar-refractivity contribution in [2.45, 2.75) is 25.7 Å². The Bertz CT molecular complexity index is 1680. The number of hydrazine groups is 1. The molecule has 0 bridgehead atoms. The molecule has 36 heavy (non-hydrogen) atoms. The predicted octanol–water partition coefficient (Wildman–Crippen LogP) is 4.10. The fourth-order valence-corrected chi connectivity index (χ4v) is 4.88. The highest BCUT2D eigenvalue weighted by molar-refractivity contribution is 6.12. The molecule has 2 aliphatic rings. The van der Waals surface area contributed by atoms with E-state index in [4.69, 9.17) is 5.73 Å². The molecule has 0 spiro atoms. The van der Waals surface area contributed by atoms with Gasteiger partial charge in [0.25, 0.3) is 0 Å². The van der Waals surface area contributed by atoms with Crippen molar-refractivity contribution in [1.29, 1.82) is 0 Å². The van der Waals surface area contributed by atoms with Crippen LogP contribution in [0.1, 0.15) is 53.1 Å². The van der Waals surface area contributed by atoms with E-state index in [2.05, 4.69) is 55.7 Å². The zero-order valence-corrected chi connectivity index (χ0v) is 19.9. The minimum Gasteiger partial charge on any atom is -0.383 e. The molecule has 4 heterocycles. The van der Waals surface area contributed by atoms with Gasteiger partial charge in [0.05, 0.1) is 34.2 Å². The van der Waals surface area contributed by atoms with Gasteiger partial charge in [-0.15, -0.1) is 0 Å². The first kappa shape index (κ1) is 21.0. The van der Waals surface area contributed by atoms with Crippen molar-refractivity contribution >= 4 is 39.1 Å². The Morgan fingerprint density at radius 2 is 2.00 bits per heavy atom. The zero-order valence-electron chi connectivity index (χ0n) is 19.9. The lowest BCUT2D eigenvalue weighted by Gasteiger charge is -2.10. The van der Waals surface area contributed by atoms with Crippen LogP contribution in [0, 0.1) is 0 Å². The van der Waals surface area contributed by atoms with E-state index in [0.29, 0.717) is 23.0 Å². The standard InChI is InChI=1S/C27H26N8O/c1-2-34-14-18(12-29-34)16-5-6-17-10-24(31-22(17)9-16)25(36)20-13-30-35(26(20)28)19-7-8-21-23(11-19)33-27(32-21)15-3-4-15/h5-11,13-15,29,31H,2-4,12,28H2,1H3,(H,32,33). The summed E-state index contributed by atoms with van der Waals surface area (Å²) in [4.78, 5) is 24.8. The van der Waals surface area contributed by atoms with E-state index in [9.17, 15) is 4.79 Å². The van der Waals surface area contributed by atoms with Crippen LogP contribution in [0.3, 0.4) is 0 Å². The van der Waals surface area contributed by atoms with Gasteiger partial charge in [0.1, 0.15) is 11.6 Å². The van der Waals surface area contributed by atoms with Crippen molar-refractivity contribution in [3.8, 4) is 5.69 Å². The normalized spacial score (nSPS) is 15.8. The van der Waals surface area contributed by atoms with Crippen LogP contribution in [-0.2, 0) is 0 Å². The van der Waals surface area contributed by atoms with E-state index in [-0.39, 0.29) is 5.78 Å². The number of carbonyl (C=O) groups excluding carboxylic acids is 1. The fourth-order valence-electron chi connectivity index (χ4n) is 4.88. The van der Waals surface area contributed by atoms with Crippen molar-refractivity contribution in [2.75, 3.05) is 18.8 Å². The Kier molecular flexibility index (Phi) is 4.55. The molecule has 3 aromatic heterocycles. The molecule has 9 heteroatoms. The number of hydrogen-bond donors (Lipinski definition) is 4. The lowest BCUT2D eigenvalue weighted by molar-refractivity contribution is 0.103. The van der Waals surface area contributed by atoms with Crippen LogP contribution in [0.2, 0.25) is 0 Å². The molecule has 1 aliphatic carbocycles. The lowest BCUT2D eigenvalue weighted by atomic mass is 10.1. The van der Waals surface area contributed by atoms with Gasteiger partial charge in [-0.05, 0) is 61.2 Å². The highest BCUT2D eigenvalue weighted by Gasteiger charge is 2.27. The molecule has 1 aliphatic heterocycles. The molecular weight excluding hydrogens is 452 g/mol. The Hall–Kier alpha value is -4.37. The van der Waals surface area contributed by atoms with Crippen molar-refractivity contribution in [3.05, 3.63) is 77.5 Å². The van der Waals surface area contributed by atoms with Crippen molar-refractivity contribution in [2.24, 2.45) is 0 Å². The number of anilines is 1. The maximum atomic E-state index is 13.4. The van der Waals surface area contributed by atoms with Crippen LogP contribution in [0.4, 0.5) is 5.82 Å². The number of benzene rings is 2. The number of ketones is 1. The summed E-state index contributed by atoms with van der Waals surface area (Å²) in [6.45, 7) is 3.79. The number of carbonyl (C=O) groups is 1. The molecule has 0 unspecified atom stereocenters. The summed E-state index contributed by atoms with van der Waals surface area (Å²) in [5.41, 5.74) is 16.5. The molecule has 1 fully saturated rings. The third kappa shape index (κ3) is 3.39. The molecule has 5 aromatic rings. The van der Waals surface area contributed by atoms with Gasteiger partial charge in [0, 0.05) is 36.1 Å². The zero-order chi connectivity index (χ0) is 24.4. The summed E-state index contributed by atoms with van der Waals surface area (Å²) in [5, 5.41) is 7.48. The number of aromatic amines is 2. The first-order valence-electron chi connectivity index (χ1n) is 12.3. The first-order valence-corrected chi connectivity index (χ1v) is 12.3. The summed E-state index contributed by atoms with van der Waals surface area (Å²) in [7, 11) is 0. The van der Waals surface area contributed by atoms with Crippen molar-refractivity contribution in [1.82, 2.24) is 35.2 Å². The fraction of sp³-hybridized carbons (Fsp3) is 0.222. The van der Waals surface area contributed by atoms with Crippen LogP contribution in [0.15, 0.2) is 54.9 Å². The molecule has 9 nitrogen and oxygen atoms in total. The molecule has 0 amide bonds. The number of nitrogens with two attached hydrogens (primary N) is 1. The second-order valence-electron chi connectivity index (χ2n) is 9.54. The summed E-state index contributed by atoms with van der Waals surface area (Å²) < 4.78 is 1.60. The lowest BCUT2D eigenvalue weighted by Crippen LogP contribution is -2.28. The topological polar surface area (TPSA) is 121 Å². The second kappa shape index (κ2) is 7.82. The molecule has 0 saturated heterocycles. The van der Waals surface area contributed by atoms with Gasteiger partial charge in [0.15, 0.2) is 0 Å². The van der Waals surface area contributed by atoms with E-state index in [1.54, 1.807) is 4.68 Å². The van der Waals surface area contributed by atoms with Crippen molar-refractivity contribution in [3.63, 3.8) is 0 Å². The average Bonchev–Trinajstić information content (AvgIpc) is 3.25. The van der Waals surface area contributed by atoms with E-state index in [0.717, 1.165) is 52.1 Å². The number of nitrogen functional groups attached to an aromatic ring is 1. The number of nitrogens with one attached hydrogen (secondary N) is 3. The maximum absolute atomic E-state index is 13.4. The summed E-state index contributed by atoms with van der Waals surface area (Å²) in [6, 6.07) is 13.9. The number of H-pyrrole nitrogens is 2. The Morgan fingerprint density at radius 3 is 2.81 bits per heavy atom. The summed E-state index contributed by atoms with van der Waals surface area (Å²) in [5.74, 6) is 1.71. The Labute approximate surface area is 207 Å². The third-order valence-corrected chi connectivity index (χ3v) is 7.11. The monoisotopic (exact) mass is 478 g/mol. The number of imidazole rings is 1. The van der Waals surface area contributed by atoms with Gasteiger partial charge in [-0.2, -0.15) is 5.10 Å². The van der Waals surface area contributed by atoms with Crippen LogP contribution in [-0.4, -0.2) is 48.6 Å². The average molecular weight is 479 g/mol. The van der Waals surface area contributed by atoms with E-state index >= 15 is 0 Å². The summed E-state index contributed by atoms with van der Waals surface area (Å²) >= 11 is 0. The van der Waals surface area contributed by atoms with Crippen LogP contribution in [0.25, 0.3) is 33.2 Å². The van der Waals surface area contributed by atoms with Gasteiger partial charge >= 0.3 is 0 Å². The minimum absolute atomic E-state index is 0.186. The molecule has 180 valence electrons. The van der Waals surface area contributed by atoms with Crippen LogP contribution >= 0.6 is 0 Å². The molecule has 0 atom stereocenters. The van der Waals surface area contributed by atoms with Gasteiger partial charge in [0.2, 0.25) is 5.78 Å². The number of rotatable bonds is 6. The quantitative estimate of drug-likeness (QED) is 0.273. The van der Waals surface area contributed by atoms with E-state index < -0.39 is 0 Å². The molecule has 2 aromatic carbocycles. The molecule has 1 saturated carbocycles. The molecule has 7 rings (SSSR count). The highest BCUT2D eigenvalue weighted by atomic mass is 16.1. The Balaban J connectivity index is 1.19. The highest BCUT2D eigenvalue weighted by Crippen LogP contribution is 2.39. The largest absolute Gasteiger partial charge is 0.383 e. The number of fused-ring (bicyclic) bond motifs is 2. The van der Waals surface area contributed by atoms with Gasteiger partial charge < -0.3 is 20.7 Å². The predicted molar refractivity (Wildman–Crippen MR) is 140 cm³/mol. The minimum atomic E-state index is -0.186. The van der Waals surface area contributed by atoms with Gasteiger partial charge in [-0.3, -0.25) is 4.79 Å². The number of aromatic nitrogens is 5. The molecule has 5 N–H and O–H groups in total. The third-order valence-electron chi connectivity index (χ3n) is 7.11. The van der Waals surface area contributed by atoms with Crippen LogP contribution < -0.4 is 11.2 Å². The van der Waals surface area contributed by atoms with E-state index in [1.807, 2.05) is 30.3 Å². The second-order valence-corrected chi connectivity index (χ2v) is 9.54. The SMILES string of the molecule is CCN1C=C(c2ccc3cc(C(=O)c4cnn(-c5ccc6nc(C7CC7)[nH]c6c5)c4N)[nH]c3c2)CN1. The molecular formula is C27H26N8O. The van der Waals surface area contributed by atoms with E-state index in [1.165, 1.54) is 24.6 Å². The summed E-state index contributed by atoms with van der Waals surface area (Å²) in [6.07, 6.45) is 6.03. The smallest absolute Gasteiger partial charge is 0.214 e. The number of hydrogen-bond acceptors (Lipinski definition) is 6. The van der Waals surface area contributed by atoms with Gasteiger partial charge in [-0.25, -0.2) is 15.1 Å².